The Kier molecular flexibility index (Phi) is 4.71. The molecule has 1 N–H and O–H groups in total. The topological polar surface area (TPSA) is 29.1 Å². The Balaban J connectivity index is 2.01. The molecule has 7 heteroatoms. The van der Waals surface area contributed by atoms with E-state index < -0.39 is 23.5 Å². The SMILES string of the molecule is O=C(NCc1ccc(F)c(Cl)c1)c1ccc(C(F)(F)F)cc1. The number of rotatable bonds is 3. The summed E-state index contributed by atoms with van der Waals surface area (Å²) in [6.45, 7) is 0.0832. The number of benzene rings is 2. The van der Waals surface area contributed by atoms with Crippen molar-refractivity contribution >= 4 is 17.5 Å². The van der Waals surface area contributed by atoms with Crippen LogP contribution >= 0.6 is 11.6 Å². The highest BCUT2D eigenvalue weighted by Crippen LogP contribution is 2.29. The Bertz CT molecular complexity index is 683. The second-order valence-electron chi connectivity index (χ2n) is 4.51. The maximum absolute atomic E-state index is 13.0. The van der Waals surface area contributed by atoms with E-state index in [1.165, 1.54) is 18.2 Å². The number of hydrogen-bond acceptors (Lipinski definition) is 1. The lowest BCUT2D eigenvalue weighted by Crippen LogP contribution is -2.22. The summed E-state index contributed by atoms with van der Waals surface area (Å²) < 4.78 is 50.2. The molecule has 0 aliphatic rings. The van der Waals surface area contributed by atoms with E-state index in [-0.39, 0.29) is 17.1 Å². The van der Waals surface area contributed by atoms with Gasteiger partial charge >= 0.3 is 6.18 Å². The Morgan fingerprint density at radius 3 is 2.27 bits per heavy atom. The molecule has 0 heterocycles. The van der Waals surface area contributed by atoms with Crippen LogP contribution in [0.25, 0.3) is 0 Å². The van der Waals surface area contributed by atoms with E-state index in [0.29, 0.717) is 5.56 Å². The van der Waals surface area contributed by atoms with E-state index in [0.717, 1.165) is 24.3 Å². The number of hydrogen-bond donors (Lipinski definition) is 1. The van der Waals surface area contributed by atoms with E-state index in [4.69, 9.17) is 11.6 Å². The van der Waals surface area contributed by atoms with Crippen molar-refractivity contribution in [2.75, 3.05) is 0 Å². The Labute approximate surface area is 128 Å². The maximum Gasteiger partial charge on any atom is 0.416 e. The minimum absolute atomic E-state index is 0.0683. The number of amides is 1. The van der Waals surface area contributed by atoms with Gasteiger partial charge in [0.15, 0.2) is 0 Å². The first-order valence-electron chi connectivity index (χ1n) is 6.17. The van der Waals surface area contributed by atoms with Gasteiger partial charge in [0.1, 0.15) is 5.82 Å². The van der Waals surface area contributed by atoms with Gasteiger partial charge in [0.25, 0.3) is 5.91 Å². The van der Waals surface area contributed by atoms with Crippen LogP contribution in [0.4, 0.5) is 17.6 Å². The molecule has 0 atom stereocenters. The van der Waals surface area contributed by atoms with Crippen LogP contribution < -0.4 is 5.32 Å². The Morgan fingerprint density at radius 1 is 1.09 bits per heavy atom. The van der Waals surface area contributed by atoms with Gasteiger partial charge in [-0.25, -0.2) is 4.39 Å². The van der Waals surface area contributed by atoms with Gasteiger partial charge in [-0.3, -0.25) is 4.79 Å². The molecular weight excluding hydrogens is 322 g/mol. The highest BCUT2D eigenvalue weighted by atomic mass is 35.5. The van der Waals surface area contributed by atoms with Gasteiger partial charge in [-0.05, 0) is 42.0 Å². The summed E-state index contributed by atoms with van der Waals surface area (Å²) in [5, 5.41) is 2.45. The molecule has 0 aromatic heterocycles. The third-order valence-corrected chi connectivity index (χ3v) is 3.20. The fourth-order valence-electron chi connectivity index (χ4n) is 1.74. The molecule has 0 fully saturated rings. The fraction of sp³-hybridized carbons (Fsp3) is 0.133. The van der Waals surface area contributed by atoms with Crippen LogP contribution in [0.15, 0.2) is 42.5 Å². The summed E-state index contributed by atoms with van der Waals surface area (Å²) in [6, 6.07) is 7.85. The summed E-state index contributed by atoms with van der Waals surface area (Å²) in [7, 11) is 0. The van der Waals surface area contributed by atoms with Crippen molar-refractivity contribution in [1.82, 2.24) is 5.32 Å². The summed E-state index contributed by atoms with van der Waals surface area (Å²) in [5.41, 5.74) is -0.151. The van der Waals surface area contributed by atoms with Crippen molar-refractivity contribution in [1.29, 1.82) is 0 Å². The molecule has 0 radical (unpaired) electrons. The predicted molar refractivity (Wildman–Crippen MR) is 74.0 cm³/mol. The summed E-state index contributed by atoms with van der Waals surface area (Å²) in [4.78, 5) is 11.8. The van der Waals surface area contributed by atoms with Gasteiger partial charge in [0.2, 0.25) is 0 Å². The molecule has 0 aliphatic heterocycles. The lowest BCUT2D eigenvalue weighted by Gasteiger charge is -2.08. The van der Waals surface area contributed by atoms with Crippen molar-refractivity contribution in [3.8, 4) is 0 Å². The molecule has 2 nitrogen and oxygen atoms in total. The molecule has 0 spiro atoms. The van der Waals surface area contributed by atoms with Crippen molar-refractivity contribution < 1.29 is 22.4 Å². The van der Waals surface area contributed by atoms with Crippen molar-refractivity contribution in [3.05, 3.63) is 70.0 Å². The smallest absolute Gasteiger partial charge is 0.348 e. The van der Waals surface area contributed by atoms with Crippen LogP contribution in [-0.2, 0) is 12.7 Å². The molecule has 0 saturated carbocycles. The van der Waals surface area contributed by atoms with Crippen LogP contribution in [0.2, 0.25) is 5.02 Å². The van der Waals surface area contributed by atoms with Crippen LogP contribution in [-0.4, -0.2) is 5.91 Å². The van der Waals surface area contributed by atoms with E-state index in [2.05, 4.69) is 5.32 Å². The first kappa shape index (κ1) is 16.3. The van der Waals surface area contributed by atoms with Crippen LogP contribution in [0.3, 0.4) is 0 Å². The zero-order valence-electron chi connectivity index (χ0n) is 11.0. The van der Waals surface area contributed by atoms with Gasteiger partial charge in [-0.2, -0.15) is 13.2 Å². The summed E-state index contributed by atoms with van der Waals surface area (Å²) >= 11 is 5.61. The average molecular weight is 332 g/mol. The predicted octanol–water partition coefficient (Wildman–Crippen LogP) is 4.43. The third kappa shape index (κ3) is 3.98. The lowest BCUT2D eigenvalue weighted by atomic mass is 10.1. The van der Waals surface area contributed by atoms with Crippen LogP contribution in [0, 0.1) is 5.82 Å². The molecule has 2 rings (SSSR count). The third-order valence-electron chi connectivity index (χ3n) is 2.91. The fourth-order valence-corrected chi connectivity index (χ4v) is 1.95. The monoisotopic (exact) mass is 331 g/mol. The molecule has 0 unspecified atom stereocenters. The maximum atomic E-state index is 13.0. The van der Waals surface area contributed by atoms with Crippen molar-refractivity contribution in [3.63, 3.8) is 0 Å². The minimum atomic E-state index is -4.44. The van der Waals surface area contributed by atoms with Crippen LogP contribution in [0.5, 0.6) is 0 Å². The Morgan fingerprint density at radius 2 is 1.73 bits per heavy atom. The van der Waals surface area contributed by atoms with Crippen molar-refractivity contribution in [2.24, 2.45) is 0 Å². The number of halogens is 5. The van der Waals surface area contributed by atoms with Gasteiger partial charge in [0, 0.05) is 12.1 Å². The molecule has 0 bridgehead atoms. The van der Waals surface area contributed by atoms with Gasteiger partial charge in [0.05, 0.1) is 10.6 Å². The first-order valence-corrected chi connectivity index (χ1v) is 6.54. The number of carbonyl (C=O) groups excluding carboxylic acids is 1. The molecule has 0 aliphatic carbocycles. The molecule has 116 valence electrons. The second kappa shape index (κ2) is 6.36. The number of nitrogens with one attached hydrogen (secondary N) is 1. The molecule has 2 aromatic carbocycles. The zero-order valence-corrected chi connectivity index (χ0v) is 11.8. The normalized spacial score (nSPS) is 11.3. The van der Waals surface area contributed by atoms with Crippen molar-refractivity contribution in [2.45, 2.75) is 12.7 Å². The molecule has 2 aromatic rings. The number of carbonyl (C=O) groups is 1. The van der Waals surface area contributed by atoms with E-state index in [1.807, 2.05) is 0 Å². The lowest BCUT2D eigenvalue weighted by molar-refractivity contribution is -0.137. The molecule has 0 saturated heterocycles. The zero-order chi connectivity index (χ0) is 16.3. The second-order valence-corrected chi connectivity index (χ2v) is 4.91. The molecule has 1 amide bonds. The summed E-state index contributed by atoms with van der Waals surface area (Å²) in [5.74, 6) is -1.10. The first-order chi connectivity index (χ1) is 10.3. The van der Waals surface area contributed by atoms with E-state index in [9.17, 15) is 22.4 Å². The van der Waals surface area contributed by atoms with Gasteiger partial charge in [-0.1, -0.05) is 17.7 Å². The quantitative estimate of drug-likeness (QED) is 0.828. The van der Waals surface area contributed by atoms with Crippen LogP contribution in [0.1, 0.15) is 21.5 Å². The molecular formula is C15H10ClF4NO. The largest absolute Gasteiger partial charge is 0.416 e. The molecule has 22 heavy (non-hydrogen) atoms. The summed E-state index contributed by atoms with van der Waals surface area (Å²) in [6.07, 6.45) is -4.44. The number of alkyl halides is 3. The Hall–Kier alpha value is -2.08. The average Bonchev–Trinajstić information content (AvgIpc) is 2.47. The van der Waals surface area contributed by atoms with Gasteiger partial charge in [-0.15, -0.1) is 0 Å². The standard InChI is InChI=1S/C15H10ClF4NO/c16-12-7-9(1-6-13(12)17)8-21-14(22)10-2-4-11(5-3-10)15(18,19)20/h1-7H,8H2,(H,21,22). The minimum Gasteiger partial charge on any atom is -0.348 e. The van der Waals surface area contributed by atoms with Gasteiger partial charge < -0.3 is 5.32 Å². The highest BCUT2D eigenvalue weighted by molar-refractivity contribution is 6.30. The van der Waals surface area contributed by atoms with E-state index >= 15 is 0 Å². The highest BCUT2D eigenvalue weighted by Gasteiger charge is 2.30. The van der Waals surface area contributed by atoms with E-state index in [1.54, 1.807) is 0 Å².